The van der Waals surface area contributed by atoms with E-state index in [9.17, 15) is 0 Å². The first-order valence-electron chi connectivity index (χ1n) is 5.32. The smallest absolute Gasteiger partial charge is 0.0453 e. The van der Waals surface area contributed by atoms with Crippen molar-refractivity contribution in [2.24, 2.45) is 11.8 Å². The van der Waals surface area contributed by atoms with Crippen molar-refractivity contribution in [3.05, 3.63) is 34.9 Å². The topological polar surface area (TPSA) is 12.0 Å². The molecular formula is C12H14ClN. The van der Waals surface area contributed by atoms with Gasteiger partial charge in [-0.3, -0.25) is 0 Å². The molecule has 1 aliphatic carbocycles. The van der Waals surface area contributed by atoms with Crippen LogP contribution in [-0.2, 0) is 0 Å². The molecule has 1 saturated carbocycles. The van der Waals surface area contributed by atoms with Gasteiger partial charge in [0, 0.05) is 11.1 Å². The van der Waals surface area contributed by atoms with E-state index >= 15 is 0 Å². The largest absolute Gasteiger partial charge is 0.309 e. The molecule has 1 aromatic rings. The van der Waals surface area contributed by atoms with Crippen molar-refractivity contribution in [1.82, 2.24) is 5.32 Å². The Morgan fingerprint density at radius 2 is 2.00 bits per heavy atom. The zero-order valence-electron chi connectivity index (χ0n) is 8.04. The molecule has 0 amide bonds. The molecule has 4 rings (SSSR count). The van der Waals surface area contributed by atoms with Gasteiger partial charge in [0.05, 0.1) is 0 Å². The lowest BCUT2D eigenvalue weighted by atomic mass is 9.66. The van der Waals surface area contributed by atoms with Crippen LogP contribution >= 0.6 is 11.6 Å². The van der Waals surface area contributed by atoms with E-state index in [-0.39, 0.29) is 0 Å². The van der Waals surface area contributed by atoms with E-state index in [0.29, 0.717) is 6.04 Å². The van der Waals surface area contributed by atoms with Gasteiger partial charge in [-0.1, -0.05) is 29.8 Å². The third kappa shape index (κ3) is 1.27. The van der Waals surface area contributed by atoms with Crippen LogP contribution in [0.4, 0.5) is 0 Å². The molecule has 2 heteroatoms. The van der Waals surface area contributed by atoms with Crippen molar-refractivity contribution in [1.29, 1.82) is 0 Å². The number of halogens is 1. The van der Waals surface area contributed by atoms with Crippen LogP contribution in [0.2, 0.25) is 5.02 Å². The van der Waals surface area contributed by atoms with Gasteiger partial charge >= 0.3 is 0 Å². The van der Waals surface area contributed by atoms with Crippen molar-refractivity contribution in [3.63, 3.8) is 0 Å². The van der Waals surface area contributed by atoms with Gasteiger partial charge in [-0.05, 0) is 42.9 Å². The van der Waals surface area contributed by atoms with E-state index in [1.807, 2.05) is 12.1 Å². The van der Waals surface area contributed by atoms with Crippen molar-refractivity contribution >= 4 is 11.6 Å². The zero-order valence-corrected chi connectivity index (χ0v) is 8.80. The van der Waals surface area contributed by atoms with Gasteiger partial charge in [-0.2, -0.15) is 0 Å². The normalized spacial score (nSPS) is 35.1. The molecule has 1 aromatic carbocycles. The van der Waals surface area contributed by atoms with Gasteiger partial charge in [0.2, 0.25) is 0 Å². The lowest BCUT2D eigenvalue weighted by Crippen LogP contribution is -2.48. The maximum absolute atomic E-state index is 6.20. The number of hydrogen-bond donors (Lipinski definition) is 1. The van der Waals surface area contributed by atoms with Crippen LogP contribution in [0.5, 0.6) is 0 Å². The lowest BCUT2D eigenvalue weighted by Gasteiger charge is -2.47. The predicted octanol–water partition coefficient (Wildman–Crippen LogP) is 3.01. The van der Waals surface area contributed by atoms with E-state index in [0.717, 1.165) is 16.9 Å². The maximum atomic E-state index is 6.20. The Morgan fingerprint density at radius 3 is 2.64 bits per heavy atom. The van der Waals surface area contributed by atoms with E-state index < -0.39 is 0 Å². The molecular weight excluding hydrogens is 194 g/mol. The Kier molecular flexibility index (Phi) is 2.03. The van der Waals surface area contributed by atoms with Crippen LogP contribution in [0, 0.1) is 11.8 Å². The van der Waals surface area contributed by atoms with Crippen LogP contribution in [0.15, 0.2) is 24.3 Å². The molecule has 0 radical (unpaired) electrons. The number of piperidine rings is 2. The molecule has 1 atom stereocenters. The second kappa shape index (κ2) is 3.25. The lowest BCUT2D eigenvalue weighted by molar-refractivity contribution is 0.0832. The highest BCUT2D eigenvalue weighted by molar-refractivity contribution is 6.31. The van der Waals surface area contributed by atoms with Crippen LogP contribution < -0.4 is 5.32 Å². The molecule has 1 N–H and O–H groups in total. The van der Waals surface area contributed by atoms with Crippen LogP contribution in [0.3, 0.4) is 0 Å². The summed E-state index contributed by atoms with van der Waals surface area (Å²) < 4.78 is 0. The number of hydrogen-bond acceptors (Lipinski definition) is 1. The summed E-state index contributed by atoms with van der Waals surface area (Å²) >= 11 is 6.20. The van der Waals surface area contributed by atoms with Crippen LogP contribution in [-0.4, -0.2) is 6.54 Å². The Morgan fingerprint density at radius 1 is 1.21 bits per heavy atom. The van der Waals surface area contributed by atoms with Gasteiger partial charge in [0.15, 0.2) is 0 Å². The fourth-order valence-corrected chi connectivity index (χ4v) is 3.03. The van der Waals surface area contributed by atoms with Gasteiger partial charge < -0.3 is 5.32 Å². The summed E-state index contributed by atoms with van der Waals surface area (Å²) in [5, 5.41) is 4.50. The highest BCUT2D eigenvalue weighted by atomic mass is 35.5. The van der Waals surface area contributed by atoms with Gasteiger partial charge in [0.1, 0.15) is 0 Å². The number of rotatable bonds is 1. The van der Waals surface area contributed by atoms with Crippen molar-refractivity contribution in [3.8, 4) is 0 Å². The number of nitrogens with one attached hydrogen (secondary N) is 1. The molecule has 2 saturated heterocycles. The molecule has 74 valence electrons. The third-order valence-electron chi connectivity index (χ3n) is 3.61. The summed E-state index contributed by atoms with van der Waals surface area (Å²) in [5.41, 5.74) is 1.29. The highest BCUT2D eigenvalue weighted by Crippen LogP contribution is 2.46. The highest BCUT2D eigenvalue weighted by Gasteiger charge is 2.40. The minimum atomic E-state index is 0.508. The monoisotopic (exact) mass is 207 g/mol. The second-order valence-electron chi connectivity index (χ2n) is 4.50. The molecule has 1 nitrogen and oxygen atoms in total. The van der Waals surface area contributed by atoms with E-state index in [2.05, 4.69) is 17.4 Å². The average molecular weight is 208 g/mol. The first-order valence-corrected chi connectivity index (χ1v) is 5.70. The SMILES string of the molecule is Clc1ccccc1C1NCC2CC1C2. The summed E-state index contributed by atoms with van der Waals surface area (Å²) in [7, 11) is 0. The van der Waals surface area contributed by atoms with Crippen LogP contribution in [0.1, 0.15) is 24.4 Å². The molecule has 2 aliphatic heterocycles. The Labute approximate surface area is 89.5 Å². The van der Waals surface area contributed by atoms with Gasteiger partial charge in [0.25, 0.3) is 0 Å². The quantitative estimate of drug-likeness (QED) is 0.747. The molecule has 14 heavy (non-hydrogen) atoms. The summed E-state index contributed by atoms with van der Waals surface area (Å²) in [5.74, 6) is 1.77. The molecule has 2 heterocycles. The fourth-order valence-electron chi connectivity index (χ4n) is 2.78. The summed E-state index contributed by atoms with van der Waals surface area (Å²) in [6.07, 6.45) is 2.78. The van der Waals surface area contributed by atoms with Gasteiger partial charge in [-0.25, -0.2) is 0 Å². The number of benzene rings is 1. The molecule has 1 unspecified atom stereocenters. The molecule has 3 fully saturated rings. The molecule has 0 aromatic heterocycles. The van der Waals surface area contributed by atoms with E-state index in [4.69, 9.17) is 11.6 Å². The Bertz CT molecular complexity index is 341. The maximum Gasteiger partial charge on any atom is 0.0453 e. The third-order valence-corrected chi connectivity index (χ3v) is 3.95. The standard InChI is InChI=1S/C12H14ClN/c13-11-4-2-1-3-10(11)12-9-5-8(6-9)7-14-12/h1-4,8-9,12,14H,5-7H2. The Balaban J connectivity index is 1.90. The van der Waals surface area contributed by atoms with E-state index in [1.54, 1.807) is 0 Å². The summed E-state index contributed by atoms with van der Waals surface area (Å²) in [6.45, 7) is 1.17. The minimum absolute atomic E-state index is 0.508. The van der Waals surface area contributed by atoms with Crippen molar-refractivity contribution in [2.45, 2.75) is 18.9 Å². The summed E-state index contributed by atoms with van der Waals surface area (Å²) in [4.78, 5) is 0. The molecule has 3 aliphatic rings. The zero-order chi connectivity index (χ0) is 9.54. The van der Waals surface area contributed by atoms with Crippen molar-refractivity contribution in [2.75, 3.05) is 6.54 Å². The second-order valence-corrected chi connectivity index (χ2v) is 4.91. The minimum Gasteiger partial charge on any atom is -0.309 e. The fraction of sp³-hybridized carbons (Fsp3) is 0.500. The van der Waals surface area contributed by atoms with Crippen molar-refractivity contribution < 1.29 is 0 Å². The first kappa shape index (κ1) is 8.75. The first-order chi connectivity index (χ1) is 6.84. The predicted molar refractivity (Wildman–Crippen MR) is 58.4 cm³/mol. The van der Waals surface area contributed by atoms with Gasteiger partial charge in [-0.15, -0.1) is 0 Å². The summed E-state index contributed by atoms with van der Waals surface area (Å²) in [6, 6.07) is 8.72. The Hall–Kier alpha value is -0.530. The number of fused-ring (bicyclic) bond motifs is 2. The van der Waals surface area contributed by atoms with E-state index in [1.165, 1.54) is 24.9 Å². The van der Waals surface area contributed by atoms with Crippen LogP contribution in [0.25, 0.3) is 0 Å². The average Bonchev–Trinajstić information content (AvgIpc) is 2.17. The molecule has 0 spiro atoms. The molecule has 2 bridgehead atoms.